The fraction of sp³-hybridized carbons (Fsp3) is 0.286. The van der Waals surface area contributed by atoms with Crippen LogP contribution in [0.25, 0.3) is 55.0 Å². The Hall–Kier alpha value is -5.74. The Morgan fingerprint density at radius 3 is 2.07 bits per heavy atom. The fourth-order valence-corrected chi connectivity index (χ4v) is 12.1. The van der Waals surface area contributed by atoms with Gasteiger partial charge in [0.15, 0.2) is 0 Å². The Balaban J connectivity index is 1.28. The molecule has 4 aliphatic rings. The first-order valence-electron chi connectivity index (χ1n) is 22.3. The number of para-hydroxylation sites is 1. The van der Waals surface area contributed by atoms with E-state index in [4.69, 9.17) is 4.42 Å². The third-order valence-corrected chi connectivity index (χ3v) is 15.5. The summed E-state index contributed by atoms with van der Waals surface area (Å²) in [6, 6.07) is 48.7. The van der Waals surface area contributed by atoms with E-state index in [1.165, 1.54) is 114 Å². The lowest BCUT2D eigenvalue weighted by atomic mass is 9.42. The summed E-state index contributed by atoms with van der Waals surface area (Å²) in [5, 5.41) is 4.97. The van der Waals surface area contributed by atoms with Crippen LogP contribution >= 0.6 is 0 Å². The molecule has 4 heteroatoms. The Labute approximate surface area is 355 Å². The quantitative estimate of drug-likeness (QED) is 0.163. The lowest BCUT2D eigenvalue weighted by molar-refractivity contribution is 0.199. The molecular weight excluding hydrogens is 727 g/mol. The summed E-state index contributed by atoms with van der Waals surface area (Å²) in [6.45, 7) is 19.4. The molecule has 1 aliphatic carbocycles. The SMILES string of the molecule is CC(C)(C)c1ccc(N2c3cc4oc5ccccc5c4cc3B3c4c2cc2ccccc2c4-c2cc(C(C)(C)C)cc4c2N3C2(C)CCCCC42C)c(-c2ccccc2)c1. The Morgan fingerprint density at radius 1 is 0.583 bits per heavy atom. The van der Waals surface area contributed by atoms with E-state index in [2.05, 4.69) is 192 Å². The molecule has 2 atom stereocenters. The van der Waals surface area contributed by atoms with E-state index < -0.39 is 0 Å². The standard InChI is InChI=1S/C56H53BN2O/c1-53(2,3)36-24-25-45(40(29-36)34-18-10-9-11-19-34)58-46-33-49-41(39-22-14-15-23-48(39)60-49)32-44(46)57-51-47(58)28-35-20-12-13-21-38(35)50(51)42-30-37(54(4,5)6)31-43-52(42)59(57)56(8)27-17-16-26-55(43,56)7/h9-15,18-25,28-33H,16-17,26-27H2,1-8H3. The van der Waals surface area contributed by atoms with Crippen LogP contribution < -0.4 is 20.6 Å². The second-order valence-electron chi connectivity index (χ2n) is 20.8. The van der Waals surface area contributed by atoms with Gasteiger partial charge in [-0.15, -0.1) is 0 Å². The molecule has 0 bridgehead atoms. The van der Waals surface area contributed by atoms with Gasteiger partial charge in [-0.3, -0.25) is 0 Å². The molecule has 0 spiro atoms. The van der Waals surface area contributed by atoms with Crippen molar-refractivity contribution in [2.75, 3.05) is 9.71 Å². The predicted octanol–water partition coefficient (Wildman–Crippen LogP) is 14.0. The molecule has 0 saturated heterocycles. The number of hydrogen-bond acceptors (Lipinski definition) is 3. The van der Waals surface area contributed by atoms with Crippen molar-refractivity contribution in [3.8, 4) is 22.3 Å². The molecular formula is C56H53BN2O. The zero-order valence-corrected chi connectivity index (χ0v) is 36.3. The monoisotopic (exact) mass is 780 g/mol. The Morgan fingerprint density at radius 2 is 1.28 bits per heavy atom. The summed E-state index contributed by atoms with van der Waals surface area (Å²) in [5.74, 6) is 0. The molecule has 1 saturated carbocycles. The highest BCUT2D eigenvalue weighted by Gasteiger charge is 2.63. The van der Waals surface area contributed by atoms with E-state index >= 15 is 0 Å². The average Bonchev–Trinajstić information content (AvgIpc) is 3.70. The lowest BCUT2D eigenvalue weighted by Gasteiger charge is -2.55. The summed E-state index contributed by atoms with van der Waals surface area (Å²) in [5.41, 5.74) is 19.2. The van der Waals surface area contributed by atoms with E-state index in [0.717, 1.165) is 11.2 Å². The number of benzene rings is 7. The van der Waals surface area contributed by atoms with Crippen molar-refractivity contribution in [2.24, 2.45) is 0 Å². The molecule has 296 valence electrons. The smallest absolute Gasteiger partial charge is 0.328 e. The molecule has 1 aromatic heterocycles. The van der Waals surface area contributed by atoms with Crippen LogP contribution in [0.3, 0.4) is 0 Å². The van der Waals surface area contributed by atoms with Gasteiger partial charge < -0.3 is 14.1 Å². The number of hydrogen-bond donors (Lipinski definition) is 0. The normalized spacial score (nSPS) is 20.4. The molecule has 7 aromatic carbocycles. The van der Waals surface area contributed by atoms with Crippen molar-refractivity contribution in [1.82, 2.24) is 0 Å². The van der Waals surface area contributed by atoms with Crippen molar-refractivity contribution in [3.63, 3.8) is 0 Å². The minimum Gasteiger partial charge on any atom is -0.456 e. The highest BCUT2D eigenvalue weighted by molar-refractivity contribution is 6.93. The number of rotatable bonds is 2. The van der Waals surface area contributed by atoms with Gasteiger partial charge in [-0.1, -0.05) is 152 Å². The summed E-state index contributed by atoms with van der Waals surface area (Å²) in [4.78, 5) is 5.59. The van der Waals surface area contributed by atoms with Crippen LogP contribution in [0.2, 0.25) is 0 Å². The second kappa shape index (κ2) is 12.0. The van der Waals surface area contributed by atoms with Crippen LogP contribution in [-0.4, -0.2) is 12.4 Å². The van der Waals surface area contributed by atoms with E-state index in [9.17, 15) is 0 Å². The first kappa shape index (κ1) is 36.1. The maximum Gasteiger partial charge on any atom is 0.328 e. The van der Waals surface area contributed by atoms with E-state index in [-0.39, 0.29) is 28.6 Å². The summed E-state index contributed by atoms with van der Waals surface area (Å²) >= 11 is 0. The van der Waals surface area contributed by atoms with Gasteiger partial charge in [-0.05, 0) is 110 Å². The highest BCUT2D eigenvalue weighted by atomic mass is 16.3. The first-order chi connectivity index (χ1) is 28.8. The van der Waals surface area contributed by atoms with Crippen LogP contribution in [0.5, 0.6) is 0 Å². The van der Waals surface area contributed by atoms with Gasteiger partial charge in [-0.2, -0.15) is 0 Å². The van der Waals surface area contributed by atoms with Gasteiger partial charge in [0.2, 0.25) is 0 Å². The molecule has 0 N–H and O–H groups in total. The van der Waals surface area contributed by atoms with Crippen molar-refractivity contribution in [2.45, 2.75) is 103 Å². The highest BCUT2D eigenvalue weighted by Crippen LogP contribution is 2.64. The molecule has 4 heterocycles. The van der Waals surface area contributed by atoms with Gasteiger partial charge in [0.05, 0.1) is 5.69 Å². The maximum atomic E-state index is 6.79. The molecule has 3 nitrogen and oxygen atoms in total. The van der Waals surface area contributed by atoms with E-state index in [1.807, 2.05) is 0 Å². The zero-order valence-electron chi connectivity index (χ0n) is 36.3. The van der Waals surface area contributed by atoms with Gasteiger partial charge in [0.25, 0.3) is 0 Å². The van der Waals surface area contributed by atoms with Crippen LogP contribution in [0.4, 0.5) is 22.7 Å². The number of anilines is 4. The fourth-order valence-electron chi connectivity index (χ4n) is 12.1. The summed E-state index contributed by atoms with van der Waals surface area (Å²) in [7, 11) is 0. The van der Waals surface area contributed by atoms with Crippen LogP contribution in [0, 0.1) is 0 Å². The van der Waals surface area contributed by atoms with Crippen molar-refractivity contribution in [3.05, 3.63) is 144 Å². The van der Waals surface area contributed by atoms with E-state index in [0.29, 0.717) is 0 Å². The predicted molar refractivity (Wildman–Crippen MR) is 256 cm³/mol. The van der Waals surface area contributed by atoms with Crippen molar-refractivity contribution in [1.29, 1.82) is 0 Å². The molecule has 60 heavy (non-hydrogen) atoms. The van der Waals surface area contributed by atoms with Crippen molar-refractivity contribution < 1.29 is 4.42 Å². The molecule has 3 aliphatic heterocycles. The van der Waals surface area contributed by atoms with Crippen LogP contribution in [0.15, 0.2) is 132 Å². The summed E-state index contributed by atoms with van der Waals surface area (Å²) in [6.07, 6.45) is 4.87. The topological polar surface area (TPSA) is 19.6 Å². The average molecular weight is 781 g/mol. The molecule has 0 radical (unpaired) electrons. The minimum atomic E-state index is -0.0828. The molecule has 2 unspecified atom stereocenters. The minimum absolute atomic E-state index is 0.00159. The largest absolute Gasteiger partial charge is 0.456 e. The van der Waals surface area contributed by atoms with Gasteiger partial charge in [-0.25, -0.2) is 0 Å². The van der Waals surface area contributed by atoms with Gasteiger partial charge in [0.1, 0.15) is 11.2 Å². The molecule has 1 fully saturated rings. The summed E-state index contributed by atoms with van der Waals surface area (Å²) < 4.78 is 6.79. The molecule has 8 aromatic rings. The Bertz CT molecular complexity index is 3130. The molecule has 0 amide bonds. The lowest BCUT2D eigenvalue weighted by Crippen LogP contribution is -2.70. The number of furan rings is 1. The maximum absolute atomic E-state index is 6.79. The Kier molecular flexibility index (Phi) is 7.21. The number of nitrogens with zero attached hydrogens (tertiary/aromatic N) is 2. The first-order valence-corrected chi connectivity index (χ1v) is 22.3. The third kappa shape index (κ3) is 4.68. The van der Waals surface area contributed by atoms with Gasteiger partial charge >= 0.3 is 6.85 Å². The van der Waals surface area contributed by atoms with Gasteiger partial charge in [0, 0.05) is 56.0 Å². The molecule has 12 rings (SSSR count). The van der Waals surface area contributed by atoms with Crippen LogP contribution in [-0.2, 0) is 16.2 Å². The van der Waals surface area contributed by atoms with Crippen molar-refractivity contribution >= 4 is 73.2 Å². The number of fused-ring (bicyclic) bond motifs is 12. The van der Waals surface area contributed by atoms with E-state index in [1.54, 1.807) is 5.56 Å². The third-order valence-electron chi connectivity index (χ3n) is 15.5. The van der Waals surface area contributed by atoms with Crippen LogP contribution in [0.1, 0.15) is 97.8 Å². The second-order valence-corrected chi connectivity index (χ2v) is 20.8. The zero-order chi connectivity index (χ0) is 41.1.